The van der Waals surface area contributed by atoms with E-state index in [1.165, 1.54) is 238 Å². The van der Waals surface area contributed by atoms with Gasteiger partial charge in [0.15, 0.2) is 6.10 Å². The number of hydrogen-bond acceptors (Lipinski definition) is 7. The van der Waals surface area contributed by atoms with E-state index in [9.17, 15) is 19.0 Å². The number of nitrogens with zero attached hydrogens (tertiary/aromatic N) is 1. The van der Waals surface area contributed by atoms with Gasteiger partial charge in [0.25, 0.3) is 0 Å². The molecule has 10 heteroatoms. The van der Waals surface area contributed by atoms with Gasteiger partial charge in [-0.15, -0.1) is 0 Å². The van der Waals surface area contributed by atoms with Crippen LogP contribution in [0.1, 0.15) is 303 Å². The molecule has 410 valence electrons. The van der Waals surface area contributed by atoms with Crippen molar-refractivity contribution in [1.29, 1.82) is 0 Å². The van der Waals surface area contributed by atoms with Gasteiger partial charge in [0.1, 0.15) is 19.8 Å². The first-order valence-electron chi connectivity index (χ1n) is 29.9. The number of likely N-dealkylation sites (N-methyl/N-ethyl adjacent to an activating group) is 1. The molecule has 0 aliphatic carbocycles. The second-order valence-corrected chi connectivity index (χ2v) is 23.2. The molecule has 0 rings (SSSR count). The summed E-state index contributed by atoms with van der Waals surface area (Å²) < 4.78 is 34.5. The molecule has 0 aliphatic rings. The molecule has 0 aromatic heterocycles. The molecule has 2 atom stereocenters. The molecule has 69 heavy (non-hydrogen) atoms. The molecule has 1 N–H and O–H groups in total. The molecule has 9 nitrogen and oxygen atoms in total. The van der Waals surface area contributed by atoms with Gasteiger partial charge in [0, 0.05) is 12.8 Å². The van der Waals surface area contributed by atoms with Crippen LogP contribution in [0.4, 0.5) is 0 Å². The number of phosphoric acid groups is 1. The van der Waals surface area contributed by atoms with E-state index in [1.54, 1.807) is 0 Å². The average molecular weight is 1000 g/mol. The molecular weight excluding hydrogens is 882 g/mol. The molecule has 0 radical (unpaired) electrons. The van der Waals surface area contributed by atoms with Gasteiger partial charge in [-0.1, -0.05) is 264 Å². The van der Waals surface area contributed by atoms with Gasteiger partial charge in [0.05, 0.1) is 27.7 Å². The highest BCUT2D eigenvalue weighted by atomic mass is 31.2. The summed E-state index contributed by atoms with van der Waals surface area (Å²) in [5.74, 6) is -0.779. The van der Waals surface area contributed by atoms with Gasteiger partial charge in [-0.05, 0) is 38.5 Å². The Bertz CT molecular complexity index is 1180. The standard InChI is InChI=1S/C59H116NO8P/c1-6-8-10-12-14-16-18-20-21-22-23-24-25-26-27-28-29-30-31-32-33-34-35-36-37-38-39-40-42-44-46-48-50-52-59(62)68-57(56-67-69(63,64)66-54-53-60(3,4)5)55-65-58(61)51-49-47-45-43-41-19-17-15-13-11-9-7-2/h22-23,57H,6-21,24-56H2,1-5H3/p+1/b23-22-. The van der Waals surface area contributed by atoms with E-state index in [0.717, 1.165) is 38.5 Å². The van der Waals surface area contributed by atoms with Crippen LogP contribution in [0, 0.1) is 0 Å². The summed E-state index contributed by atoms with van der Waals surface area (Å²) in [5.41, 5.74) is 0. The van der Waals surface area contributed by atoms with Gasteiger partial charge < -0.3 is 18.9 Å². The zero-order valence-corrected chi connectivity index (χ0v) is 47.5. The monoisotopic (exact) mass is 999 g/mol. The Morgan fingerprint density at radius 2 is 0.739 bits per heavy atom. The van der Waals surface area contributed by atoms with Crippen molar-refractivity contribution in [3.8, 4) is 0 Å². The molecule has 0 aliphatic heterocycles. The highest BCUT2D eigenvalue weighted by Gasteiger charge is 2.27. The number of allylic oxidation sites excluding steroid dienone is 2. The highest BCUT2D eigenvalue weighted by molar-refractivity contribution is 7.47. The Morgan fingerprint density at radius 3 is 1.07 bits per heavy atom. The summed E-state index contributed by atoms with van der Waals surface area (Å²) >= 11 is 0. The van der Waals surface area contributed by atoms with Crippen molar-refractivity contribution in [1.82, 2.24) is 0 Å². The maximum Gasteiger partial charge on any atom is 0.472 e. The number of carbonyl (C=O) groups is 2. The molecule has 0 aromatic carbocycles. The molecule has 0 aromatic rings. The minimum absolute atomic E-state index is 0.0362. The van der Waals surface area contributed by atoms with Gasteiger partial charge in [0.2, 0.25) is 0 Å². The molecular formula is C59H117NO8P+. The molecule has 0 bridgehead atoms. The smallest absolute Gasteiger partial charge is 0.462 e. The third-order valence-corrected chi connectivity index (χ3v) is 14.5. The van der Waals surface area contributed by atoms with Crippen LogP contribution in [0.5, 0.6) is 0 Å². The Morgan fingerprint density at radius 1 is 0.435 bits per heavy atom. The third kappa shape index (κ3) is 55.9. The number of phosphoric ester groups is 1. The van der Waals surface area contributed by atoms with Crippen molar-refractivity contribution in [2.45, 2.75) is 309 Å². The van der Waals surface area contributed by atoms with Gasteiger partial charge in [-0.2, -0.15) is 0 Å². The van der Waals surface area contributed by atoms with Crippen LogP contribution in [0.3, 0.4) is 0 Å². The third-order valence-electron chi connectivity index (χ3n) is 13.5. The van der Waals surface area contributed by atoms with Crippen molar-refractivity contribution < 1.29 is 42.1 Å². The zero-order chi connectivity index (χ0) is 50.6. The molecule has 0 saturated carbocycles. The summed E-state index contributed by atoms with van der Waals surface area (Å²) in [5, 5.41) is 0. The minimum Gasteiger partial charge on any atom is -0.462 e. The number of quaternary nitrogens is 1. The zero-order valence-electron chi connectivity index (χ0n) is 46.6. The van der Waals surface area contributed by atoms with E-state index in [2.05, 4.69) is 26.0 Å². The van der Waals surface area contributed by atoms with Crippen molar-refractivity contribution >= 4 is 19.8 Å². The lowest BCUT2D eigenvalue weighted by Crippen LogP contribution is -2.37. The van der Waals surface area contributed by atoms with E-state index in [4.69, 9.17) is 18.5 Å². The fourth-order valence-electron chi connectivity index (χ4n) is 8.90. The molecule has 0 fully saturated rings. The Labute approximate surface area is 428 Å². The largest absolute Gasteiger partial charge is 0.472 e. The van der Waals surface area contributed by atoms with Gasteiger partial charge >= 0.3 is 19.8 Å². The Balaban J connectivity index is 3.93. The second kappa shape index (κ2) is 51.6. The lowest BCUT2D eigenvalue weighted by molar-refractivity contribution is -0.870. The first kappa shape index (κ1) is 67.8. The number of esters is 2. The summed E-state index contributed by atoms with van der Waals surface area (Å²) in [6.07, 6.45) is 60.2. The number of hydrogen-bond donors (Lipinski definition) is 1. The lowest BCUT2D eigenvalue weighted by Gasteiger charge is -2.24. The number of carbonyl (C=O) groups excluding carboxylic acids is 2. The summed E-state index contributed by atoms with van der Waals surface area (Å²) in [6.45, 7) is 4.48. The first-order valence-corrected chi connectivity index (χ1v) is 31.4. The van der Waals surface area contributed by atoms with Gasteiger partial charge in [-0.3, -0.25) is 18.6 Å². The minimum atomic E-state index is -4.37. The van der Waals surface area contributed by atoms with Crippen molar-refractivity contribution in [3.63, 3.8) is 0 Å². The van der Waals surface area contributed by atoms with Crippen molar-refractivity contribution in [3.05, 3.63) is 12.2 Å². The van der Waals surface area contributed by atoms with Crippen molar-refractivity contribution in [2.75, 3.05) is 47.5 Å². The Kier molecular flexibility index (Phi) is 50.7. The molecule has 0 amide bonds. The molecule has 0 saturated heterocycles. The second-order valence-electron chi connectivity index (χ2n) is 21.7. The average Bonchev–Trinajstić information content (AvgIpc) is 3.31. The lowest BCUT2D eigenvalue weighted by atomic mass is 10.0. The number of rotatable bonds is 56. The fourth-order valence-corrected chi connectivity index (χ4v) is 9.64. The summed E-state index contributed by atoms with van der Waals surface area (Å²) in [6, 6.07) is 0. The molecule has 0 spiro atoms. The van der Waals surface area contributed by atoms with Crippen LogP contribution in [-0.4, -0.2) is 74.9 Å². The first-order chi connectivity index (χ1) is 33.5. The number of ether oxygens (including phenoxy) is 2. The van der Waals surface area contributed by atoms with Crippen LogP contribution in [0.2, 0.25) is 0 Å². The predicted octanol–water partition coefficient (Wildman–Crippen LogP) is 18.4. The van der Waals surface area contributed by atoms with E-state index < -0.39 is 26.5 Å². The summed E-state index contributed by atoms with van der Waals surface area (Å²) in [7, 11) is 1.50. The van der Waals surface area contributed by atoms with E-state index in [1.807, 2.05) is 21.1 Å². The fraction of sp³-hybridized carbons (Fsp3) is 0.932. The highest BCUT2D eigenvalue weighted by Crippen LogP contribution is 2.43. The Hall–Kier alpha value is -1.25. The van der Waals surface area contributed by atoms with E-state index in [0.29, 0.717) is 17.4 Å². The van der Waals surface area contributed by atoms with Crippen LogP contribution in [0.15, 0.2) is 12.2 Å². The SMILES string of the molecule is CCCCCCCCCC/C=C\CCCCCCCCCCCCCCCCCCCCCCCC(=O)OC(COC(=O)CCCCCCCCCCCCCC)COP(=O)(O)OCC[N+](C)(C)C. The van der Waals surface area contributed by atoms with Crippen LogP contribution in [-0.2, 0) is 32.7 Å². The summed E-state index contributed by atoms with van der Waals surface area (Å²) in [4.78, 5) is 35.6. The van der Waals surface area contributed by atoms with Gasteiger partial charge in [-0.25, -0.2) is 4.57 Å². The predicted molar refractivity (Wildman–Crippen MR) is 294 cm³/mol. The van der Waals surface area contributed by atoms with E-state index in [-0.39, 0.29) is 25.6 Å². The molecule has 2 unspecified atom stereocenters. The topological polar surface area (TPSA) is 108 Å². The maximum atomic E-state index is 12.8. The maximum absolute atomic E-state index is 12.8. The number of unbranched alkanes of at least 4 members (excludes halogenated alkanes) is 40. The van der Waals surface area contributed by atoms with Crippen LogP contribution < -0.4 is 0 Å². The normalized spacial score (nSPS) is 13.3. The quantitative estimate of drug-likeness (QED) is 0.0211. The molecule has 0 heterocycles. The van der Waals surface area contributed by atoms with Crippen LogP contribution >= 0.6 is 7.82 Å². The van der Waals surface area contributed by atoms with E-state index >= 15 is 0 Å². The van der Waals surface area contributed by atoms with Crippen LogP contribution in [0.25, 0.3) is 0 Å². The van der Waals surface area contributed by atoms with Crippen molar-refractivity contribution in [2.24, 2.45) is 0 Å².